The van der Waals surface area contributed by atoms with Crippen molar-refractivity contribution in [1.82, 2.24) is 0 Å². The molecule has 0 saturated heterocycles. The molecule has 0 aliphatic heterocycles. The SMILES string of the molecule is COC(=O)CC[C@@H](C)C1CCC2C3C(O[Si](C)(C)C)=C[C@@H]4CCCC[C@]4(C)C3CC[C@@]21C. The zero-order valence-corrected chi connectivity index (χ0v) is 22.8. The van der Waals surface area contributed by atoms with Crippen molar-refractivity contribution in [1.29, 1.82) is 0 Å². The molecule has 0 N–H and O–H groups in total. The maximum Gasteiger partial charge on any atom is 0.305 e. The third-order valence-corrected chi connectivity index (χ3v) is 11.2. The molecule has 182 valence electrons. The van der Waals surface area contributed by atoms with Gasteiger partial charge in [0.15, 0.2) is 0 Å². The fourth-order valence-electron chi connectivity index (χ4n) is 8.78. The van der Waals surface area contributed by atoms with Crippen molar-refractivity contribution < 1.29 is 14.0 Å². The van der Waals surface area contributed by atoms with Crippen molar-refractivity contribution in [3.05, 3.63) is 11.8 Å². The lowest BCUT2D eigenvalue weighted by molar-refractivity contribution is -0.141. The van der Waals surface area contributed by atoms with E-state index in [0.29, 0.717) is 40.9 Å². The summed E-state index contributed by atoms with van der Waals surface area (Å²) in [5.41, 5.74) is 0.835. The predicted molar refractivity (Wildman–Crippen MR) is 134 cm³/mol. The summed E-state index contributed by atoms with van der Waals surface area (Å²) >= 11 is 0. The summed E-state index contributed by atoms with van der Waals surface area (Å²) in [6.07, 6.45) is 15.1. The molecule has 4 unspecified atom stereocenters. The second-order valence-corrected chi connectivity index (χ2v) is 17.6. The lowest BCUT2D eigenvalue weighted by Crippen LogP contribution is -2.53. The Labute approximate surface area is 198 Å². The molecular weight excluding hydrogens is 412 g/mol. The van der Waals surface area contributed by atoms with Crippen LogP contribution in [0.25, 0.3) is 0 Å². The molecule has 3 fully saturated rings. The number of carbonyl (C=O) groups is 1. The third kappa shape index (κ3) is 4.23. The average molecular weight is 461 g/mol. The summed E-state index contributed by atoms with van der Waals surface area (Å²) < 4.78 is 11.9. The van der Waals surface area contributed by atoms with E-state index in [0.717, 1.165) is 18.3 Å². The maximum absolute atomic E-state index is 11.8. The fraction of sp³-hybridized carbons (Fsp3) is 0.893. The van der Waals surface area contributed by atoms with Gasteiger partial charge < -0.3 is 9.16 Å². The van der Waals surface area contributed by atoms with Gasteiger partial charge in [0.25, 0.3) is 0 Å². The first-order chi connectivity index (χ1) is 15.0. The number of allylic oxidation sites excluding steroid dienone is 2. The number of hydrogen-bond donors (Lipinski definition) is 0. The van der Waals surface area contributed by atoms with Crippen LogP contribution in [0.4, 0.5) is 0 Å². The van der Waals surface area contributed by atoms with Crippen molar-refractivity contribution in [2.45, 2.75) is 105 Å². The highest BCUT2D eigenvalue weighted by Crippen LogP contribution is 2.68. The van der Waals surface area contributed by atoms with E-state index in [4.69, 9.17) is 9.16 Å². The van der Waals surface area contributed by atoms with Crippen LogP contribution in [0.2, 0.25) is 19.6 Å². The molecule has 32 heavy (non-hydrogen) atoms. The monoisotopic (exact) mass is 460 g/mol. The van der Waals surface area contributed by atoms with Crippen LogP contribution in [0.5, 0.6) is 0 Å². The number of fused-ring (bicyclic) bond motifs is 5. The van der Waals surface area contributed by atoms with E-state index >= 15 is 0 Å². The molecular formula is C28H48O3Si. The van der Waals surface area contributed by atoms with E-state index in [1.54, 1.807) is 0 Å². The molecule has 4 rings (SSSR count). The Bertz CT molecular complexity index is 739. The Morgan fingerprint density at radius 1 is 1.06 bits per heavy atom. The molecule has 0 aromatic rings. The Morgan fingerprint density at radius 3 is 2.47 bits per heavy atom. The zero-order chi connectivity index (χ0) is 23.3. The number of methoxy groups -OCH3 is 1. The van der Waals surface area contributed by atoms with Gasteiger partial charge in [-0.1, -0.05) is 33.6 Å². The number of rotatable bonds is 6. The second kappa shape index (κ2) is 8.78. The molecule has 0 aromatic heterocycles. The van der Waals surface area contributed by atoms with Gasteiger partial charge >= 0.3 is 5.97 Å². The first kappa shape index (κ1) is 24.4. The van der Waals surface area contributed by atoms with E-state index in [1.807, 2.05) is 0 Å². The van der Waals surface area contributed by atoms with Crippen LogP contribution in [-0.2, 0) is 14.0 Å². The minimum atomic E-state index is -1.66. The van der Waals surface area contributed by atoms with Crippen molar-refractivity contribution in [2.24, 2.45) is 46.3 Å². The van der Waals surface area contributed by atoms with Gasteiger partial charge in [-0.15, -0.1) is 0 Å². The Morgan fingerprint density at radius 2 is 1.78 bits per heavy atom. The van der Waals surface area contributed by atoms with E-state index in [9.17, 15) is 4.79 Å². The highest BCUT2D eigenvalue weighted by Gasteiger charge is 2.61. The summed E-state index contributed by atoms with van der Waals surface area (Å²) in [6.45, 7) is 14.7. The molecule has 4 aliphatic rings. The number of hydrogen-bond acceptors (Lipinski definition) is 3. The lowest BCUT2D eigenvalue weighted by Gasteiger charge is -2.60. The van der Waals surface area contributed by atoms with Crippen molar-refractivity contribution in [2.75, 3.05) is 7.11 Å². The zero-order valence-electron chi connectivity index (χ0n) is 21.8. The van der Waals surface area contributed by atoms with Crippen LogP contribution in [0.15, 0.2) is 11.8 Å². The van der Waals surface area contributed by atoms with Crippen molar-refractivity contribution in [3.63, 3.8) is 0 Å². The van der Waals surface area contributed by atoms with Crippen LogP contribution < -0.4 is 0 Å². The minimum Gasteiger partial charge on any atom is -0.547 e. The Balaban J connectivity index is 1.63. The molecule has 0 spiro atoms. The van der Waals surface area contributed by atoms with Gasteiger partial charge in [-0.2, -0.15) is 0 Å². The first-order valence-corrected chi connectivity index (χ1v) is 16.9. The van der Waals surface area contributed by atoms with E-state index in [2.05, 4.69) is 46.5 Å². The highest BCUT2D eigenvalue weighted by molar-refractivity contribution is 6.70. The molecule has 0 aromatic carbocycles. The number of ether oxygens (including phenoxy) is 1. The molecule has 4 heteroatoms. The van der Waals surface area contributed by atoms with Crippen LogP contribution in [-0.4, -0.2) is 21.4 Å². The summed E-state index contributed by atoms with van der Waals surface area (Å²) in [7, 11) is -0.148. The minimum absolute atomic E-state index is 0.0578. The van der Waals surface area contributed by atoms with Gasteiger partial charge in [0.05, 0.1) is 12.9 Å². The highest BCUT2D eigenvalue weighted by atomic mass is 28.4. The number of carbonyl (C=O) groups excluding carboxylic acids is 1. The summed E-state index contributed by atoms with van der Waals surface area (Å²) in [5.74, 6) is 5.47. The molecule has 0 heterocycles. The first-order valence-electron chi connectivity index (χ1n) is 13.5. The van der Waals surface area contributed by atoms with E-state index < -0.39 is 8.32 Å². The normalized spacial score (nSPS) is 42.2. The van der Waals surface area contributed by atoms with Crippen molar-refractivity contribution in [3.8, 4) is 0 Å². The van der Waals surface area contributed by atoms with E-state index in [1.165, 1.54) is 64.2 Å². The van der Waals surface area contributed by atoms with Crippen LogP contribution in [0.1, 0.15) is 85.0 Å². The average Bonchev–Trinajstić information content (AvgIpc) is 3.08. The van der Waals surface area contributed by atoms with Crippen LogP contribution >= 0.6 is 0 Å². The summed E-state index contributed by atoms with van der Waals surface area (Å²) in [6, 6.07) is 0. The quantitative estimate of drug-likeness (QED) is 0.303. The fourth-order valence-corrected chi connectivity index (χ4v) is 9.70. The van der Waals surface area contributed by atoms with Gasteiger partial charge in [-0.3, -0.25) is 4.79 Å². The molecule has 8 atom stereocenters. The van der Waals surface area contributed by atoms with Gasteiger partial charge in [0.2, 0.25) is 8.32 Å². The largest absolute Gasteiger partial charge is 0.547 e. The molecule has 4 aliphatic carbocycles. The van der Waals surface area contributed by atoms with Crippen LogP contribution in [0, 0.1) is 46.3 Å². The summed E-state index contributed by atoms with van der Waals surface area (Å²) in [5, 5.41) is 0. The topological polar surface area (TPSA) is 35.5 Å². The van der Waals surface area contributed by atoms with Gasteiger partial charge in [-0.25, -0.2) is 0 Å². The molecule has 0 bridgehead atoms. The lowest BCUT2D eigenvalue weighted by atomic mass is 9.46. The third-order valence-electron chi connectivity index (χ3n) is 10.4. The predicted octanol–water partition coefficient (Wildman–Crippen LogP) is 7.58. The molecule has 3 saturated carbocycles. The Kier molecular flexibility index (Phi) is 6.68. The molecule has 0 amide bonds. The second-order valence-electron chi connectivity index (χ2n) is 13.2. The smallest absolute Gasteiger partial charge is 0.305 e. The summed E-state index contributed by atoms with van der Waals surface area (Å²) in [4.78, 5) is 11.8. The van der Waals surface area contributed by atoms with Gasteiger partial charge in [0, 0.05) is 12.3 Å². The van der Waals surface area contributed by atoms with Gasteiger partial charge in [-0.05, 0) is 111 Å². The molecule has 0 radical (unpaired) electrons. The molecule has 3 nitrogen and oxygen atoms in total. The Hall–Kier alpha value is -0.773. The van der Waals surface area contributed by atoms with E-state index in [-0.39, 0.29) is 5.97 Å². The van der Waals surface area contributed by atoms with Crippen LogP contribution in [0.3, 0.4) is 0 Å². The van der Waals surface area contributed by atoms with Gasteiger partial charge in [0.1, 0.15) is 0 Å². The maximum atomic E-state index is 11.8. The number of esters is 1. The van der Waals surface area contributed by atoms with Crippen molar-refractivity contribution >= 4 is 14.3 Å². The standard InChI is InChI=1S/C28H48O3Si/c1-19(11-14-25(29)30-4)21-12-13-22-26-23(15-17-28(21,22)3)27(2)16-9-8-10-20(27)18-24(26)31-32(5,6)7/h18-23,26H,8-17H2,1-7H3/t19-,20+,21?,22?,23?,26?,27+,28-/m1/s1.